The maximum Gasteiger partial charge on any atom is 0.315 e. The van der Waals surface area contributed by atoms with E-state index in [-0.39, 0.29) is 24.5 Å². The van der Waals surface area contributed by atoms with Crippen LogP contribution in [0.2, 0.25) is 0 Å². The average molecular weight is 347 g/mol. The summed E-state index contributed by atoms with van der Waals surface area (Å²) in [4.78, 5) is 11.6. The summed E-state index contributed by atoms with van der Waals surface area (Å²) in [6.07, 6.45) is 1.82. The van der Waals surface area contributed by atoms with E-state index in [4.69, 9.17) is 5.11 Å². The Labute approximate surface area is 126 Å². The molecule has 0 spiro atoms. The molecule has 0 aliphatic rings. The zero-order valence-electron chi connectivity index (χ0n) is 11.5. The molecule has 1 atom stereocenters. The quantitative estimate of drug-likeness (QED) is 0.710. The van der Waals surface area contributed by atoms with Gasteiger partial charge >= 0.3 is 6.03 Å². The van der Waals surface area contributed by atoms with Crippen molar-refractivity contribution in [3.63, 3.8) is 0 Å². The molecule has 2 amide bonds. The Morgan fingerprint density at radius 2 is 2.25 bits per heavy atom. The second kappa shape index (κ2) is 8.92. The lowest BCUT2D eigenvalue weighted by Gasteiger charge is -2.14. The summed E-state index contributed by atoms with van der Waals surface area (Å²) in [6.45, 7) is 2.37. The predicted molar refractivity (Wildman–Crippen MR) is 80.1 cm³/mol. The molecular formula is C14H20BrFN2O2. The van der Waals surface area contributed by atoms with Crippen LogP contribution >= 0.6 is 15.9 Å². The third-order valence-electron chi connectivity index (χ3n) is 2.86. The van der Waals surface area contributed by atoms with Gasteiger partial charge in [0.25, 0.3) is 0 Å². The van der Waals surface area contributed by atoms with E-state index < -0.39 is 0 Å². The predicted octanol–water partition coefficient (Wildman–Crippen LogP) is 2.59. The number of aliphatic hydroxyl groups is 1. The van der Waals surface area contributed by atoms with Crippen molar-refractivity contribution in [1.82, 2.24) is 10.6 Å². The van der Waals surface area contributed by atoms with Crippen molar-refractivity contribution < 1.29 is 14.3 Å². The Morgan fingerprint density at radius 1 is 1.50 bits per heavy atom. The van der Waals surface area contributed by atoms with Gasteiger partial charge in [0, 0.05) is 23.7 Å². The second-order valence-corrected chi connectivity index (χ2v) is 5.57. The van der Waals surface area contributed by atoms with Gasteiger partial charge in [0.1, 0.15) is 5.82 Å². The molecule has 1 aromatic rings. The van der Waals surface area contributed by atoms with Gasteiger partial charge in [-0.25, -0.2) is 9.18 Å². The molecule has 4 nitrogen and oxygen atoms in total. The normalized spacial score (nSPS) is 12.0. The van der Waals surface area contributed by atoms with E-state index in [9.17, 15) is 9.18 Å². The van der Waals surface area contributed by atoms with E-state index >= 15 is 0 Å². The number of benzene rings is 1. The first-order valence-corrected chi connectivity index (χ1v) is 7.41. The van der Waals surface area contributed by atoms with Crippen molar-refractivity contribution in [3.8, 4) is 0 Å². The van der Waals surface area contributed by atoms with E-state index in [0.717, 1.165) is 10.9 Å². The minimum absolute atomic E-state index is 0.00440. The molecular weight excluding hydrogens is 327 g/mol. The fourth-order valence-electron chi connectivity index (χ4n) is 1.79. The van der Waals surface area contributed by atoms with Crippen LogP contribution in [-0.4, -0.2) is 30.3 Å². The number of hydrogen-bond acceptors (Lipinski definition) is 2. The fourth-order valence-corrected chi connectivity index (χ4v) is 2.20. The highest BCUT2D eigenvalue weighted by molar-refractivity contribution is 9.10. The van der Waals surface area contributed by atoms with Gasteiger partial charge in [-0.2, -0.15) is 0 Å². The van der Waals surface area contributed by atoms with Crippen LogP contribution in [0.15, 0.2) is 22.7 Å². The van der Waals surface area contributed by atoms with Gasteiger partial charge in [-0.05, 0) is 49.9 Å². The van der Waals surface area contributed by atoms with Crippen LogP contribution in [0.1, 0.15) is 25.3 Å². The van der Waals surface area contributed by atoms with Crippen molar-refractivity contribution in [2.75, 3.05) is 13.2 Å². The Morgan fingerprint density at radius 3 is 2.95 bits per heavy atom. The molecule has 0 aliphatic heterocycles. The average Bonchev–Trinajstić information content (AvgIpc) is 2.40. The van der Waals surface area contributed by atoms with E-state index in [1.165, 1.54) is 6.07 Å². The van der Waals surface area contributed by atoms with Gasteiger partial charge in [0.05, 0.1) is 0 Å². The van der Waals surface area contributed by atoms with Gasteiger partial charge < -0.3 is 15.7 Å². The molecule has 0 aliphatic carbocycles. The summed E-state index contributed by atoms with van der Waals surface area (Å²) < 4.78 is 14.3. The SMILES string of the molecule is C[C@H](CCCO)NC(=O)NCCc1cc(Br)ccc1F. The number of carbonyl (C=O) groups is 1. The molecule has 0 unspecified atom stereocenters. The lowest BCUT2D eigenvalue weighted by atomic mass is 10.1. The van der Waals surface area contributed by atoms with Crippen LogP contribution in [0.5, 0.6) is 0 Å². The van der Waals surface area contributed by atoms with Gasteiger partial charge in [0.2, 0.25) is 0 Å². The third-order valence-corrected chi connectivity index (χ3v) is 3.35. The monoisotopic (exact) mass is 346 g/mol. The number of carbonyl (C=O) groups excluding carboxylic acids is 1. The summed E-state index contributed by atoms with van der Waals surface area (Å²) >= 11 is 3.29. The van der Waals surface area contributed by atoms with Gasteiger partial charge in [-0.1, -0.05) is 15.9 Å². The molecule has 0 radical (unpaired) electrons. The van der Waals surface area contributed by atoms with Crippen LogP contribution in [0.25, 0.3) is 0 Å². The van der Waals surface area contributed by atoms with E-state index in [1.807, 2.05) is 6.92 Å². The first kappa shape index (κ1) is 16.9. The van der Waals surface area contributed by atoms with Gasteiger partial charge in [-0.3, -0.25) is 0 Å². The van der Waals surface area contributed by atoms with Gasteiger partial charge in [0.15, 0.2) is 0 Å². The molecule has 1 aromatic carbocycles. The molecule has 1 rings (SSSR count). The maximum absolute atomic E-state index is 13.5. The zero-order chi connectivity index (χ0) is 15.0. The third kappa shape index (κ3) is 6.34. The molecule has 0 aromatic heterocycles. The number of hydrogen-bond donors (Lipinski definition) is 3. The molecule has 0 saturated carbocycles. The molecule has 0 fully saturated rings. The molecule has 0 bridgehead atoms. The smallest absolute Gasteiger partial charge is 0.315 e. The number of aliphatic hydroxyl groups excluding tert-OH is 1. The lowest BCUT2D eigenvalue weighted by molar-refractivity contribution is 0.234. The summed E-state index contributed by atoms with van der Waals surface area (Å²) in [5, 5.41) is 14.2. The first-order chi connectivity index (χ1) is 9.52. The van der Waals surface area contributed by atoms with Crippen LogP contribution in [0.3, 0.4) is 0 Å². The molecule has 0 saturated heterocycles. The second-order valence-electron chi connectivity index (χ2n) is 4.65. The number of amides is 2. The molecule has 3 N–H and O–H groups in total. The lowest BCUT2D eigenvalue weighted by Crippen LogP contribution is -2.41. The van der Waals surface area contributed by atoms with Crippen molar-refractivity contribution in [2.45, 2.75) is 32.2 Å². The van der Waals surface area contributed by atoms with Crippen LogP contribution in [0, 0.1) is 5.82 Å². The van der Waals surface area contributed by atoms with Crippen molar-refractivity contribution >= 4 is 22.0 Å². The highest BCUT2D eigenvalue weighted by Gasteiger charge is 2.07. The standard InChI is InChI=1S/C14H20BrFN2O2/c1-10(3-2-8-19)18-14(20)17-7-6-11-9-12(15)4-5-13(11)16/h4-5,9-10,19H,2-3,6-8H2,1H3,(H2,17,18,20)/t10-/m1/s1. The van der Waals surface area contributed by atoms with Crippen molar-refractivity contribution in [2.24, 2.45) is 0 Å². The number of rotatable bonds is 7. The van der Waals surface area contributed by atoms with E-state index in [0.29, 0.717) is 24.9 Å². The molecule has 112 valence electrons. The first-order valence-electron chi connectivity index (χ1n) is 6.62. The Balaban J connectivity index is 2.29. The van der Waals surface area contributed by atoms with Crippen LogP contribution < -0.4 is 10.6 Å². The van der Waals surface area contributed by atoms with E-state index in [1.54, 1.807) is 12.1 Å². The molecule has 6 heteroatoms. The Kier molecular flexibility index (Phi) is 7.54. The number of urea groups is 1. The topological polar surface area (TPSA) is 61.4 Å². The van der Waals surface area contributed by atoms with Gasteiger partial charge in [-0.15, -0.1) is 0 Å². The minimum Gasteiger partial charge on any atom is -0.396 e. The summed E-state index contributed by atoms with van der Waals surface area (Å²) in [5.41, 5.74) is 0.563. The Bertz CT molecular complexity index is 443. The number of nitrogens with one attached hydrogen (secondary N) is 2. The minimum atomic E-state index is -0.272. The summed E-state index contributed by atoms with van der Waals surface area (Å²) in [7, 11) is 0. The highest BCUT2D eigenvalue weighted by atomic mass is 79.9. The fraction of sp³-hybridized carbons (Fsp3) is 0.500. The van der Waals surface area contributed by atoms with Crippen molar-refractivity contribution in [1.29, 1.82) is 0 Å². The molecule has 0 heterocycles. The zero-order valence-corrected chi connectivity index (χ0v) is 13.0. The number of halogens is 2. The summed E-state index contributed by atoms with van der Waals surface area (Å²) in [5.74, 6) is -0.272. The van der Waals surface area contributed by atoms with Crippen LogP contribution in [0.4, 0.5) is 9.18 Å². The summed E-state index contributed by atoms with van der Waals surface area (Å²) in [6, 6.07) is 4.48. The largest absolute Gasteiger partial charge is 0.396 e. The maximum atomic E-state index is 13.5. The molecule has 20 heavy (non-hydrogen) atoms. The van der Waals surface area contributed by atoms with Crippen LogP contribution in [-0.2, 0) is 6.42 Å². The van der Waals surface area contributed by atoms with E-state index in [2.05, 4.69) is 26.6 Å². The highest BCUT2D eigenvalue weighted by Crippen LogP contribution is 2.15. The van der Waals surface area contributed by atoms with Crippen molar-refractivity contribution in [3.05, 3.63) is 34.1 Å². The Hall–Kier alpha value is -1.14.